The van der Waals surface area contributed by atoms with E-state index < -0.39 is 6.10 Å². The maximum absolute atomic E-state index is 10.2. The molecule has 1 spiro atoms. The highest BCUT2D eigenvalue weighted by atomic mass is 16.5. The van der Waals surface area contributed by atoms with Crippen LogP contribution in [0.1, 0.15) is 37.9 Å². The molecule has 0 unspecified atom stereocenters. The summed E-state index contributed by atoms with van der Waals surface area (Å²) >= 11 is 0. The number of hydrogen-bond donors (Lipinski definition) is 1. The zero-order chi connectivity index (χ0) is 11.9. The molecule has 3 nitrogen and oxygen atoms in total. The van der Waals surface area contributed by atoms with Gasteiger partial charge in [-0.05, 0) is 13.0 Å². The fraction of sp³-hybridized carbons (Fsp3) is 0.571. The van der Waals surface area contributed by atoms with Crippen molar-refractivity contribution in [2.75, 3.05) is 6.61 Å². The van der Waals surface area contributed by atoms with Crippen molar-refractivity contribution in [3.05, 3.63) is 29.8 Å². The minimum Gasteiger partial charge on any atom is -0.487 e. The molecule has 1 atom stereocenters. The van der Waals surface area contributed by atoms with Crippen molar-refractivity contribution in [1.29, 1.82) is 0 Å². The summed E-state index contributed by atoms with van der Waals surface area (Å²) in [5.41, 5.74) is 0.728. The number of para-hydroxylation sites is 1. The second-order valence-corrected chi connectivity index (χ2v) is 5.03. The van der Waals surface area contributed by atoms with E-state index in [9.17, 15) is 5.11 Å². The Morgan fingerprint density at radius 2 is 2.12 bits per heavy atom. The lowest BCUT2D eigenvalue weighted by Crippen LogP contribution is -2.55. The first-order chi connectivity index (χ1) is 8.22. The summed E-state index contributed by atoms with van der Waals surface area (Å²) in [6.07, 6.45) is 2.38. The summed E-state index contributed by atoms with van der Waals surface area (Å²) in [4.78, 5) is 0. The van der Waals surface area contributed by atoms with Gasteiger partial charge in [-0.15, -0.1) is 0 Å². The van der Waals surface area contributed by atoms with Crippen LogP contribution in [0, 0.1) is 0 Å². The number of fused-ring (bicyclic) bond motifs is 1. The van der Waals surface area contributed by atoms with Gasteiger partial charge in [0.25, 0.3) is 0 Å². The molecule has 1 aromatic carbocycles. The van der Waals surface area contributed by atoms with Crippen LogP contribution in [0.25, 0.3) is 0 Å². The highest BCUT2D eigenvalue weighted by molar-refractivity contribution is 5.38. The van der Waals surface area contributed by atoms with E-state index in [1.54, 1.807) is 0 Å². The predicted octanol–water partition coefficient (Wildman–Crippen LogP) is 2.44. The fourth-order valence-electron chi connectivity index (χ4n) is 2.96. The van der Waals surface area contributed by atoms with E-state index in [0.717, 1.165) is 30.8 Å². The van der Waals surface area contributed by atoms with Gasteiger partial charge in [-0.1, -0.05) is 18.2 Å². The van der Waals surface area contributed by atoms with Crippen molar-refractivity contribution in [3.8, 4) is 5.75 Å². The maximum atomic E-state index is 10.2. The minimum absolute atomic E-state index is 0.187. The molecule has 0 aromatic heterocycles. The van der Waals surface area contributed by atoms with E-state index >= 15 is 0 Å². The molecule has 1 fully saturated rings. The Labute approximate surface area is 101 Å². The van der Waals surface area contributed by atoms with E-state index in [4.69, 9.17) is 9.47 Å². The van der Waals surface area contributed by atoms with Crippen LogP contribution in [0.2, 0.25) is 0 Å². The summed E-state index contributed by atoms with van der Waals surface area (Å²) in [7, 11) is 0. The summed E-state index contributed by atoms with van der Waals surface area (Å²) in [6.45, 7) is 2.76. The molecule has 0 bridgehead atoms. The van der Waals surface area contributed by atoms with E-state index in [-0.39, 0.29) is 5.60 Å². The quantitative estimate of drug-likeness (QED) is 0.854. The molecule has 1 saturated carbocycles. The Bertz CT molecular complexity index is 410. The Kier molecular flexibility index (Phi) is 2.60. The minimum atomic E-state index is -0.400. The molecule has 1 aromatic rings. The van der Waals surface area contributed by atoms with Crippen LogP contribution in [0.4, 0.5) is 0 Å². The van der Waals surface area contributed by atoms with Gasteiger partial charge in [0.2, 0.25) is 0 Å². The van der Waals surface area contributed by atoms with Gasteiger partial charge in [0.15, 0.2) is 0 Å². The number of aliphatic hydroxyl groups excluding tert-OH is 1. The highest BCUT2D eigenvalue weighted by Crippen LogP contribution is 2.49. The van der Waals surface area contributed by atoms with E-state index in [1.807, 2.05) is 31.2 Å². The van der Waals surface area contributed by atoms with Crippen molar-refractivity contribution in [3.63, 3.8) is 0 Å². The number of benzene rings is 1. The smallest absolute Gasteiger partial charge is 0.125 e. The number of aliphatic hydroxyl groups is 1. The van der Waals surface area contributed by atoms with E-state index in [0.29, 0.717) is 12.5 Å². The molecule has 0 amide bonds. The molecular weight excluding hydrogens is 216 g/mol. The maximum Gasteiger partial charge on any atom is 0.125 e. The predicted molar refractivity (Wildman–Crippen MR) is 64.0 cm³/mol. The molecule has 1 N–H and O–H groups in total. The number of hydrogen-bond acceptors (Lipinski definition) is 3. The number of ether oxygens (including phenoxy) is 2. The lowest BCUT2D eigenvalue weighted by atomic mass is 9.71. The van der Waals surface area contributed by atoms with Gasteiger partial charge in [0.1, 0.15) is 11.4 Å². The highest BCUT2D eigenvalue weighted by Gasteiger charge is 2.50. The van der Waals surface area contributed by atoms with Crippen molar-refractivity contribution in [2.24, 2.45) is 0 Å². The van der Waals surface area contributed by atoms with Crippen LogP contribution >= 0.6 is 0 Å². The standard InChI is InChI=1S/C14H18O3/c1-2-16-10-7-14(8-10)9-12(15)11-5-3-4-6-13(11)17-14/h3-6,10,12,15H,2,7-9H2,1H3/t10?,12-,14?/m0/s1. The van der Waals surface area contributed by atoms with Crippen molar-refractivity contribution in [1.82, 2.24) is 0 Å². The first-order valence-electron chi connectivity index (χ1n) is 6.30. The Hall–Kier alpha value is -1.06. The Balaban J connectivity index is 1.77. The molecule has 2 aliphatic rings. The van der Waals surface area contributed by atoms with Gasteiger partial charge in [-0.3, -0.25) is 0 Å². The first kappa shape index (κ1) is 11.1. The topological polar surface area (TPSA) is 38.7 Å². The van der Waals surface area contributed by atoms with Gasteiger partial charge in [-0.2, -0.15) is 0 Å². The van der Waals surface area contributed by atoms with Crippen molar-refractivity contribution < 1.29 is 14.6 Å². The third kappa shape index (κ3) is 1.83. The van der Waals surface area contributed by atoms with E-state index in [1.165, 1.54) is 0 Å². The first-order valence-corrected chi connectivity index (χ1v) is 6.30. The Morgan fingerprint density at radius 3 is 2.88 bits per heavy atom. The average molecular weight is 234 g/mol. The second-order valence-electron chi connectivity index (χ2n) is 5.03. The second kappa shape index (κ2) is 4.00. The van der Waals surface area contributed by atoms with Gasteiger partial charge in [-0.25, -0.2) is 0 Å². The van der Waals surface area contributed by atoms with Gasteiger partial charge >= 0.3 is 0 Å². The van der Waals surface area contributed by atoms with Crippen LogP contribution in [-0.2, 0) is 4.74 Å². The zero-order valence-electron chi connectivity index (χ0n) is 10.1. The monoisotopic (exact) mass is 234 g/mol. The van der Waals surface area contributed by atoms with Crippen LogP contribution in [0.15, 0.2) is 24.3 Å². The summed E-state index contributed by atoms with van der Waals surface area (Å²) in [6, 6.07) is 7.76. The van der Waals surface area contributed by atoms with Crippen LogP contribution < -0.4 is 4.74 Å². The molecule has 0 saturated heterocycles. The number of rotatable bonds is 2. The summed E-state index contributed by atoms with van der Waals surface area (Å²) in [5, 5.41) is 10.2. The molecule has 1 aliphatic heterocycles. The van der Waals surface area contributed by atoms with Gasteiger partial charge in [0, 0.05) is 31.4 Å². The van der Waals surface area contributed by atoms with Crippen molar-refractivity contribution in [2.45, 2.75) is 44.0 Å². The van der Waals surface area contributed by atoms with Gasteiger partial charge in [0.05, 0.1) is 12.2 Å². The molecule has 17 heavy (non-hydrogen) atoms. The summed E-state index contributed by atoms with van der Waals surface area (Å²) < 4.78 is 11.6. The molecule has 0 radical (unpaired) electrons. The Morgan fingerprint density at radius 1 is 1.35 bits per heavy atom. The lowest BCUT2D eigenvalue weighted by Gasteiger charge is -2.50. The van der Waals surface area contributed by atoms with Crippen LogP contribution in [-0.4, -0.2) is 23.4 Å². The molecular formula is C14H18O3. The largest absolute Gasteiger partial charge is 0.487 e. The zero-order valence-corrected chi connectivity index (χ0v) is 10.1. The van der Waals surface area contributed by atoms with Crippen LogP contribution in [0.5, 0.6) is 5.75 Å². The van der Waals surface area contributed by atoms with E-state index in [2.05, 4.69) is 0 Å². The fourth-order valence-corrected chi connectivity index (χ4v) is 2.96. The third-order valence-corrected chi connectivity index (χ3v) is 3.77. The SMILES string of the molecule is CCOC1CC2(C1)C[C@H](O)c1ccccc1O2. The molecule has 1 heterocycles. The average Bonchev–Trinajstić information content (AvgIpc) is 2.27. The third-order valence-electron chi connectivity index (χ3n) is 3.77. The molecule has 3 heteroatoms. The van der Waals surface area contributed by atoms with Gasteiger partial charge < -0.3 is 14.6 Å². The molecule has 92 valence electrons. The van der Waals surface area contributed by atoms with Crippen LogP contribution in [0.3, 0.4) is 0 Å². The molecule has 3 rings (SSSR count). The normalized spacial score (nSPS) is 34.9. The van der Waals surface area contributed by atoms with Crippen molar-refractivity contribution >= 4 is 0 Å². The summed E-state index contributed by atoms with van der Waals surface area (Å²) in [5.74, 6) is 0.834. The molecule has 1 aliphatic carbocycles. The lowest BCUT2D eigenvalue weighted by molar-refractivity contribution is -0.147.